The van der Waals surface area contributed by atoms with Crippen LogP contribution < -0.4 is 0 Å². The molecule has 0 atom stereocenters. The first-order valence-corrected chi connectivity index (χ1v) is 4.89. The molecule has 0 fully saturated rings. The Morgan fingerprint density at radius 3 is 2.27 bits per heavy atom. The average Bonchev–Trinajstić information content (AvgIpc) is 2.28. The third kappa shape index (κ3) is 8.52. The van der Waals surface area contributed by atoms with Crippen LogP contribution in [0.4, 0.5) is 0 Å². The van der Waals surface area contributed by atoms with Gasteiger partial charge in [0.2, 0.25) is 0 Å². The average molecular weight is 199 g/mol. The lowest BCUT2D eigenvalue weighted by atomic mass is 10.2. The first kappa shape index (κ1) is 13.2. The molecule has 0 radical (unpaired) electrons. The van der Waals surface area contributed by atoms with Gasteiger partial charge in [-0.2, -0.15) is 5.26 Å². The Balaban J connectivity index is 0.000000265. The van der Waals surface area contributed by atoms with Crippen molar-refractivity contribution in [3.05, 3.63) is 54.6 Å². The van der Waals surface area contributed by atoms with E-state index in [-0.39, 0.29) is 0 Å². The normalized spacial score (nSPS) is 8.00. The molecule has 0 heterocycles. The largest absolute Gasteiger partial charge is 0.198 e. The molecular weight excluding hydrogens is 182 g/mol. The lowest BCUT2D eigenvalue weighted by Crippen LogP contribution is -1.69. The number of benzene rings is 1. The topological polar surface area (TPSA) is 23.8 Å². The van der Waals surface area contributed by atoms with Gasteiger partial charge in [-0.05, 0) is 18.9 Å². The Morgan fingerprint density at radius 1 is 1.40 bits per heavy atom. The molecule has 1 heteroatoms. The second-order valence-electron chi connectivity index (χ2n) is 3.23. The van der Waals surface area contributed by atoms with Gasteiger partial charge in [-0.15, -0.1) is 6.58 Å². The highest BCUT2D eigenvalue weighted by molar-refractivity contribution is 5.45. The summed E-state index contributed by atoms with van der Waals surface area (Å²) in [5.41, 5.74) is 2.26. The predicted molar refractivity (Wildman–Crippen MR) is 66.2 cm³/mol. The minimum atomic E-state index is 0.606. The quantitative estimate of drug-likeness (QED) is 0.669. The van der Waals surface area contributed by atoms with Crippen molar-refractivity contribution in [1.29, 1.82) is 5.26 Å². The Morgan fingerprint density at radius 2 is 2.00 bits per heavy atom. The van der Waals surface area contributed by atoms with E-state index in [9.17, 15) is 0 Å². The minimum absolute atomic E-state index is 0.606. The van der Waals surface area contributed by atoms with Crippen molar-refractivity contribution in [3.8, 4) is 6.07 Å². The number of nitriles is 1. The molecule has 1 rings (SSSR count). The van der Waals surface area contributed by atoms with Crippen LogP contribution in [0.5, 0.6) is 0 Å². The van der Waals surface area contributed by atoms with E-state index in [1.165, 1.54) is 5.56 Å². The Hall–Kier alpha value is -1.81. The zero-order valence-electron chi connectivity index (χ0n) is 9.24. The summed E-state index contributed by atoms with van der Waals surface area (Å²) < 4.78 is 0. The van der Waals surface area contributed by atoms with Gasteiger partial charge in [0.1, 0.15) is 0 Å². The maximum atomic E-state index is 8.02. The summed E-state index contributed by atoms with van der Waals surface area (Å²) in [6, 6.07) is 12.1. The molecule has 0 aromatic heterocycles. The standard InChI is InChI=1S/C8H8.C6H9N/c1-2-8-6-4-3-5-7-8;1-6(2)4-3-5-7/h2-7H,1H2;1,3-4H2,2H3. The Bertz CT molecular complexity index is 330. The summed E-state index contributed by atoms with van der Waals surface area (Å²) in [6.07, 6.45) is 3.28. The maximum absolute atomic E-state index is 8.02. The van der Waals surface area contributed by atoms with E-state index >= 15 is 0 Å². The summed E-state index contributed by atoms with van der Waals surface area (Å²) >= 11 is 0. The molecule has 15 heavy (non-hydrogen) atoms. The summed E-state index contributed by atoms with van der Waals surface area (Å²) in [6.45, 7) is 9.20. The third-order valence-electron chi connectivity index (χ3n) is 1.70. The molecular formula is C14H17N. The van der Waals surface area contributed by atoms with Crippen LogP contribution in [0.2, 0.25) is 0 Å². The van der Waals surface area contributed by atoms with Gasteiger partial charge >= 0.3 is 0 Å². The van der Waals surface area contributed by atoms with Crippen LogP contribution in [0.15, 0.2) is 49.1 Å². The molecule has 1 aromatic carbocycles. The van der Waals surface area contributed by atoms with Crippen molar-refractivity contribution in [3.63, 3.8) is 0 Å². The maximum Gasteiger partial charge on any atom is 0.0625 e. The van der Waals surface area contributed by atoms with Gasteiger partial charge in [-0.25, -0.2) is 0 Å². The van der Waals surface area contributed by atoms with Gasteiger partial charge in [0.05, 0.1) is 6.07 Å². The van der Waals surface area contributed by atoms with Crippen molar-refractivity contribution in [1.82, 2.24) is 0 Å². The Labute approximate surface area is 92.4 Å². The van der Waals surface area contributed by atoms with Crippen molar-refractivity contribution in [2.45, 2.75) is 19.8 Å². The zero-order chi connectivity index (χ0) is 11.5. The molecule has 0 saturated heterocycles. The molecule has 0 amide bonds. The van der Waals surface area contributed by atoms with Gasteiger partial charge in [-0.1, -0.05) is 48.6 Å². The first-order valence-electron chi connectivity index (χ1n) is 4.89. The summed E-state index contributed by atoms with van der Waals surface area (Å²) in [4.78, 5) is 0. The molecule has 0 aliphatic rings. The van der Waals surface area contributed by atoms with Crippen LogP contribution in [0.1, 0.15) is 25.3 Å². The SMILES string of the molecule is C=C(C)CCC#N.C=Cc1ccccc1. The van der Waals surface area contributed by atoms with Crippen molar-refractivity contribution >= 4 is 6.08 Å². The van der Waals surface area contributed by atoms with Crippen LogP contribution in [0, 0.1) is 11.3 Å². The zero-order valence-corrected chi connectivity index (χ0v) is 9.24. The van der Waals surface area contributed by atoms with Crippen molar-refractivity contribution in [2.75, 3.05) is 0 Å². The molecule has 0 aliphatic heterocycles. The second-order valence-corrected chi connectivity index (χ2v) is 3.23. The molecule has 0 N–H and O–H groups in total. The van der Waals surface area contributed by atoms with Crippen molar-refractivity contribution in [2.24, 2.45) is 0 Å². The van der Waals surface area contributed by atoms with E-state index < -0.39 is 0 Å². The van der Waals surface area contributed by atoms with Gasteiger partial charge in [-0.3, -0.25) is 0 Å². The number of nitrogens with zero attached hydrogens (tertiary/aromatic N) is 1. The molecule has 1 aromatic rings. The van der Waals surface area contributed by atoms with Crippen molar-refractivity contribution < 1.29 is 0 Å². The van der Waals surface area contributed by atoms with E-state index in [0.29, 0.717) is 6.42 Å². The number of hydrogen-bond acceptors (Lipinski definition) is 1. The fourth-order valence-corrected chi connectivity index (χ4v) is 0.858. The predicted octanol–water partition coefficient (Wildman–Crippen LogP) is 4.20. The lowest BCUT2D eigenvalue weighted by Gasteiger charge is -1.85. The van der Waals surface area contributed by atoms with Crippen LogP contribution in [0.25, 0.3) is 6.08 Å². The molecule has 0 bridgehead atoms. The van der Waals surface area contributed by atoms with Gasteiger partial charge in [0.15, 0.2) is 0 Å². The highest BCUT2D eigenvalue weighted by Gasteiger charge is 1.80. The van der Waals surface area contributed by atoms with E-state index in [1.807, 2.05) is 49.4 Å². The van der Waals surface area contributed by atoms with Crippen LogP contribution in [0.3, 0.4) is 0 Å². The molecule has 78 valence electrons. The van der Waals surface area contributed by atoms with E-state index in [4.69, 9.17) is 5.26 Å². The molecule has 1 nitrogen and oxygen atoms in total. The summed E-state index contributed by atoms with van der Waals surface area (Å²) in [5.74, 6) is 0. The Kier molecular flexibility index (Phi) is 7.71. The number of allylic oxidation sites excluding steroid dienone is 1. The first-order chi connectivity index (χ1) is 7.20. The van der Waals surface area contributed by atoms with Gasteiger partial charge < -0.3 is 0 Å². The van der Waals surface area contributed by atoms with E-state index in [2.05, 4.69) is 13.2 Å². The third-order valence-corrected chi connectivity index (χ3v) is 1.70. The van der Waals surface area contributed by atoms with Crippen LogP contribution >= 0.6 is 0 Å². The van der Waals surface area contributed by atoms with E-state index in [0.717, 1.165) is 12.0 Å². The molecule has 0 unspecified atom stereocenters. The van der Waals surface area contributed by atoms with Gasteiger partial charge in [0.25, 0.3) is 0 Å². The number of rotatable bonds is 3. The molecule has 0 saturated carbocycles. The van der Waals surface area contributed by atoms with Crippen LogP contribution in [-0.4, -0.2) is 0 Å². The molecule has 0 aliphatic carbocycles. The fourth-order valence-electron chi connectivity index (χ4n) is 0.858. The highest BCUT2D eigenvalue weighted by atomic mass is 14.2. The van der Waals surface area contributed by atoms with E-state index in [1.54, 1.807) is 0 Å². The lowest BCUT2D eigenvalue weighted by molar-refractivity contribution is 0.993. The highest BCUT2D eigenvalue weighted by Crippen LogP contribution is 1.97. The molecule has 0 spiro atoms. The summed E-state index contributed by atoms with van der Waals surface area (Å²) in [7, 11) is 0. The number of hydrogen-bond donors (Lipinski definition) is 0. The van der Waals surface area contributed by atoms with Crippen LogP contribution in [-0.2, 0) is 0 Å². The minimum Gasteiger partial charge on any atom is -0.198 e. The smallest absolute Gasteiger partial charge is 0.0625 e. The van der Waals surface area contributed by atoms with Gasteiger partial charge in [0, 0.05) is 6.42 Å². The summed E-state index contributed by atoms with van der Waals surface area (Å²) in [5, 5.41) is 8.02. The monoisotopic (exact) mass is 199 g/mol. The fraction of sp³-hybridized carbons (Fsp3) is 0.214. The second kappa shape index (κ2) is 8.77.